The Hall–Kier alpha value is -2.96. The van der Waals surface area contributed by atoms with Crippen molar-refractivity contribution in [2.75, 3.05) is 5.32 Å². The summed E-state index contributed by atoms with van der Waals surface area (Å²) in [6.07, 6.45) is 3.40. The number of anilines is 1. The van der Waals surface area contributed by atoms with Gasteiger partial charge in [-0.2, -0.15) is 0 Å². The van der Waals surface area contributed by atoms with E-state index in [0.717, 1.165) is 29.8 Å². The molecule has 1 amide bonds. The molecule has 140 valence electrons. The molecule has 7 heteroatoms. The summed E-state index contributed by atoms with van der Waals surface area (Å²) < 4.78 is 21.0. The molecule has 1 aromatic carbocycles. The lowest BCUT2D eigenvalue weighted by Gasteiger charge is -2.20. The molecule has 4 rings (SSSR count). The minimum Gasteiger partial charge on any atom is -0.420 e. The van der Waals surface area contributed by atoms with Gasteiger partial charge in [-0.3, -0.25) is 4.79 Å². The number of aromatic nitrogens is 3. The summed E-state index contributed by atoms with van der Waals surface area (Å²) in [7, 11) is 0. The van der Waals surface area contributed by atoms with Crippen LogP contribution in [0.5, 0.6) is 0 Å². The first kappa shape index (κ1) is 17.5. The number of halogens is 1. The maximum atomic E-state index is 13.3. The Morgan fingerprint density at radius 3 is 2.81 bits per heavy atom. The van der Waals surface area contributed by atoms with Crippen molar-refractivity contribution in [1.82, 2.24) is 14.8 Å². The molecule has 0 atom stereocenters. The average Bonchev–Trinajstić information content (AvgIpc) is 3.13. The fourth-order valence-electron chi connectivity index (χ4n) is 3.33. The third-order valence-electron chi connectivity index (χ3n) is 5.11. The van der Waals surface area contributed by atoms with Gasteiger partial charge in [-0.1, -0.05) is 12.5 Å². The summed E-state index contributed by atoms with van der Waals surface area (Å²) >= 11 is 0. The number of amides is 1. The number of rotatable bonds is 5. The van der Waals surface area contributed by atoms with Crippen LogP contribution in [0.15, 0.2) is 34.7 Å². The fourth-order valence-corrected chi connectivity index (χ4v) is 3.33. The van der Waals surface area contributed by atoms with Gasteiger partial charge in [-0.25, -0.2) is 4.39 Å². The summed E-state index contributed by atoms with van der Waals surface area (Å²) in [5.41, 5.74) is 3.07. The predicted molar refractivity (Wildman–Crippen MR) is 98.8 cm³/mol. The summed E-state index contributed by atoms with van der Waals surface area (Å²) in [6, 6.07) is 7.79. The molecule has 1 N–H and O–H groups in total. The largest absolute Gasteiger partial charge is 0.420 e. The Morgan fingerprint density at radius 2 is 2.11 bits per heavy atom. The number of carbonyl (C=O) groups excluding carboxylic acids is 1. The van der Waals surface area contributed by atoms with Gasteiger partial charge in [0.25, 0.3) is 0 Å². The van der Waals surface area contributed by atoms with E-state index >= 15 is 0 Å². The van der Waals surface area contributed by atoms with Crippen LogP contribution in [0, 0.1) is 19.7 Å². The minimum absolute atomic E-state index is 0.123. The molecular formula is C20H21FN4O2. The van der Waals surface area contributed by atoms with Gasteiger partial charge in [0.05, 0.1) is 5.56 Å². The van der Waals surface area contributed by atoms with E-state index in [1.807, 2.05) is 24.5 Å². The van der Waals surface area contributed by atoms with E-state index in [0.29, 0.717) is 23.4 Å². The summed E-state index contributed by atoms with van der Waals surface area (Å²) in [5, 5.41) is 11.1. The zero-order valence-electron chi connectivity index (χ0n) is 15.3. The molecule has 0 spiro atoms. The van der Waals surface area contributed by atoms with Crippen molar-refractivity contribution in [2.24, 2.45) is 0 Å². The topological polar surface area (TPSA) is 73.0 Å². The van der Waals surface area contributed by atoms with E-state index in [1.54, 1.807) is 12.1 Å². The molecule has 1 fully saturated rings. The summed E-state index contributed by atoms with van der Waals surface area (Å²) in [4.78, 5) is 12.4. The lowest BCUT2D eigenvalue weighted by Crippen LogP contribution is -2.20. The van der Waals surface area contributed by atoms with Gasteiger partial charge in [0.1, 0.15) is 12.4 Å². The van der Waals surface area contributed by atoms with Crippen LogP contribution in [0.2, 0.25) is 0 Å². The normalized spacial score (nSPS) is 14.2. The van der Waals surface area contributed by atoms with E-state index in [-0.39, 0.29) is 18.3 Å². The van der Waals surface area contributed by atoms with Crippen LogP contribution < -0.4 is 5.32 Å². The highest BCUT2D eigenvalue weighted by atomic mass is 19.1. The highest BCUT2D eigenvalue weighted by Crippen LogP contribution is 2.37. The van der Waals surface area contributed by atoms with Crippen molar-refractivity contribution in [3.8, 4) is 11.5 Å². The van der Waals surface area contributed by atoms with Crippen LogP contribution in [-0.4, -0.2) is 20.7 Å². The Morgan fingerprint density at radius 1 is 1.30 bits per heavy atom. The van der Waals surface area contributed by atoms with Gasteiger partial charge in [0.15, 0.2) is 0 Å². The van der Waals surface area contributed by atoms with Crippen LogP contribution in [0.4, 0.5) is 10.1 Å². The average molecular weight is 368 g/mol. The summed E-state index contributed by atoms with van der Waals surface area (Å²) in [5.74, 6) is 0.954. The van der Waals surface area contributed by atoms with Crippen molar-refractivity contribution < 1.29 is 13.6 Å². The number of hydrogen-bond donors (Lipinski definition) is 1. The molecule has 3 aromatic rings. The third-order valence-corrected chi connectivity index (χ3v) is 5.11. The van der Waals surface area contributed by atoms with Gasteiger partial charge in [-0.15, -0.1) is 10.2 Å². The Balaban J connectivity index is 1.52. The van der Waals surface area contributed by atoms with Gasteiger partial charge in [-0.05, 0) is 51.0 Å². The number of carbonyl (C=O) groups is 1. The molecule has 0 radical (unpaired) electrons. The fraction of sp³-hybridized carbons (Fsp3) is 0.350. The third kappa shape index (κ3) is 3.49. The smallest absolute Gasteiger partial charge is 0.249 e. The molecule has 27 heavy (non-hydrogen) atoms. The first-order chi connectivity index (χ1) is 13.0. The predicted octanol–water partition coefficient (Wildman–Crippen LogP) is 4.20. The second kappa shape index (κ2) is 6.98. The lowest BCUT2D eigenvalue weighted by molar-refractivity contribution is -0.116. The highest BCUT2D eigenvalue weighted by molar-refractivity contribution is 5.90. The number of nitrogens with one attached hydrogen (secondary N) is 1. The molecule has 2 heterocycles. The quantitative estimate of drug-likeness (QED) is 0.732. The number of nitrogens with zero attached hydrogens (tertiary/aromatic N) is 3. The molecule has 1 aliphatic carbocycles. The zero-order chi connectivity index (χ0) is 19.0. The van der Waals surface area contributed by atoms with Crippen molar-refractivity contribution in [3.05, 3.63) is 53.4 Å². The maximum Gasteiger partial charge on any atom is 0.249 e. The lowest BCUT2D eigenvalue weighted by atomic mass is 9.85. The van der Waals surface area contributed by atoms with Crippen LogP contribution >= 0.6 is 0 Å². The second-order valence-corrected chi connectivity index (χ2v) is 7.00. The van der Waals surface area contributed by atoms with E-state index in [9.17, 15) is 9.18 Å². The molecule has 1 saturated carbocycles. The van der Waals surface area contributed by atoms with Crippen molar-refractivity contribution >= 4 is 11.6 Å². The maximum absolute atomic E-state index is 13.3. The first-order valence-corrected chi connectivity index (χ1v) is 9.07. The Labute approximate surface area is 156 Å². The van der Waals surface area contributed by atoms with Gasteiger partial charge in [0.2, 0.25) is 17.7 Å². The SMILES string of the molecule is Cc1cc(-c2nnc(C3CCC3)o2)c(C)n1CC(=O)Nc1cccc(F)c1. The molecule has 0 aliphatic heterocycles. The zero-order valence-corrected chi connectivity index (χ0v) is 15.3. The van der Waals surface area contributed by atoms with Crippen LogP contribution in [0.3, 0.4) is 0 Å². The molecule has 0 bridgehead atoms. The van der Waals surface area contributed by atoms with Crippen molar-refractivity contribution in [1.29, 1.82) is 0 Å². The van der Waals surface area contributed by atoms with Crippen LogP contribution in [-0.2, 0) is 11.3 Å². The highest BCUT2D eigenvalue weighted by Gasteiger charge is 2.26. The van der Waals surface area contributed by atoms with Gasteiger partial charge < -0.3 is 14.3 Å². The second-order valence-electron chi connectivity index (χ2n) is 7.00. The van der Waals surface area contributed by atoms with E-state index in [1.165, 1.54) is 18.6 Å². The standard InChI is InChI=1S/C20H21FN4O2/c1-12-9-17(20-24-23-19(27-20)14-5-3-6-14)13(2)25(12)11-18(26)22-16-8-4-7-15(21)10-16/h4,7-10,14H,3,5-6,11H2,1-2H3,(H,22,26). The Kier molecular flexibility index (Phi) is 4.51. The van der Waals surface area contributed by atoms with Crippen molar-refractivity contribution in [2.45, 2.75) is 45.6 Å². The Bertz CT molecular complexity index is 988. The van der Waals surface area contributed by atoms with Crippen LogP contribution in [0.25, 0.3) is 11.5 Å². The minimum atomic E-state index is -0.387. The monoisotopic (exact) mass is 368 g/mol. The van der Waals surface area contributed by atoms with Gasteiger partial charge >= 0.3 is 0 Å². The molecule has 1 aliphatic rings. The molecule has 0 saturated heterocycles. The van der Waals surface area contributed by atoms with E-state index in [2.05, 4.69) is 15.5 Å². The van der Waals surface area contributed by atoms with Crippen molar-refractivity contribution in [3.63, 3.8) is 0 Å². The molecule has 6 nitrogen and oxygen atoms in total. The summed E-state index contributed by atoms with van der Waals surface area (Å²) in [6.45, 7) is 3.97. The molecular weight excluding hydrogens is 347 g/mol. The number of hydrogen-bond acceptors (Lipinski definition) is 4. The molecule has 0 unspecified atom stereocenters. The van der Waals surface area contributed by atoms with Gasteiger partial charge in [0, 0.05) is 23.0 Å². The number of benzene rings is 1. The number of aryl methyl sites for hydroxylation is 1. The molecule has 2 aromatic heterocycles. The van der Waals surface area contributed by atoms with E-state index in [4.69, 9.17) is 4.42 Å². The first-order valence-electron chi connectivity index (χ1n) is 9.07. The van der Waals surface area contributed by atoms with E-state index < -0.39 is 0 Å². The van der Waals surface area contributed by atoms with Crippen LogP contribution in [0.1, 0.15) is 42.5 Å².